The Labute approximate surface area is 118 Å². The van der Waals surface area contributed by atoms with E-state index in [1.54, 1.807) is 31.2 Å². The molecule has 0 aliphatic rings. The van der Waals surface area contributed by atoms with Gasteiger partial charge in [-0.2, -0.15) is 0 Å². The maximum absolute atomic E-state index is 11.7. The fourth-order valence-corrected chi connectivity index (χ4v) is 2.92. The first-order valence-corrected chi connectivity index (χ1v) is 8.00. The Kier molecular flexibility index (Phi) is 5.78. The van der Waals surface area contributed by atoms with Crippen LogP contribution in [0.3, 0.4) is 0 Å². The number of benzene rings is 1. The Morgan fingerprint density at radius 3 is 2.63 bits per heavy atom. The van der Waals surface area contributed by atoms with Gasteiger partial charge in [0.15, 0.2) is 9.84 Å². The van der Waals surface area contributed by atoms with Crippen LogP contribution >= 0.6 is 11.6 Å². The van der Waals surface area contributed by atoms with Gasteiger partial charge >= 0.3 is 0 Å². The van der Waals surface area contributed by atoms with E-state index >= 15 is 0 Å². The number of carbonyl (C=O) groups excluding carboxylic acids is 1. The fourth-order valence-electron chi connectivity index (χ4n) is 1.39. The summed E-state index contributed by atoms with van der Waals surface area (Å²) in [5, 5.41) is 2.84. The first-order chi connectivity index (χ1) is 8.80. The van der Waals surface area contributed by atoms with Crippen LogP contribution in [0.5, 0.6) is 0 Å². The topological polar surface area (TPSA) is 89.3 Å². The summed E-state index contributed by atoms with van der Waals surface area (Å²) in [6.45, 7) is 1.72. The standard InChI is InChI=1S/C12H17ClN2O3S/c1-9(14)6-7-19(17,18)8-12(16)15-11-5-3-2-4-10(11)13/h2-5,9H,6-8,14H2,1H3,(H,15,16). The lowest BCUT2D eigenvalue weighted by molar-refractivity contribution is -0.113. The summed E-state index contributed by atoms with van der Waals surface area (Å²) in [6.07, 6.45) is 0.335. The summed E-state index contributed by atoms with van der Waals surface area (Å²) >= 11 is 5.86. The van der Waals surface area contributed by atoms with Gasteiger partial charge in [0.25, 0.3) is 0 Å². The fraction of sp³-hybridized carbons (Fsp3) is 0.417. The highest BCUT2D eigenvalue weighted by Crippen LogP contribution is 2.20. The van der Waals surface area contributed by atoms with E-state index < -0.39 is 21.5 Å². The van der Waals surface area contributed by atoms with Crippen LogP contribution in [0.1, 0.15) is 13.3 Å². The van der Waals surface area contributed by atoms with Crippen molar-refractivity contribution in [2.24, 2.45) is 5.73 Å². The molecule has 0 bridgehead atoms. The van der Waals surface area contributed by atoms with Crippen LogP contribution in [0.2, 0.25) is 5.02 Å². The molecule has 5 nitrogen and oxygen atoms in total. The lowest BCUT2D eigenvalue weighted by atomic mass is 10.3. The van der Waals surface area contributed by atoms with Crippen LogP contribution in [0.25, 0.3) is 0 Å². The largest absolute Gasteiger partial charge is 0.328 e. The molecule has 0 fully saturated rings. The molecule has 3 N–H and O–H groups in total. The monoisotopic (exact) mass is 304 g/mol. The second-order valence-electron chi connectivity index (χ2n) is 4.39. The second kappa shape index (κ2) is 6.88. The molecule has 1 aromatic rings. The molecule has 7 heteroatoms. The number of carbonyl (C=O) groups is 1. The third-order valence-corrected chi connectivity index (χ3v) is 4.27. The minimum absolute atomic E-state index is 0.0966. The van der Waals surface area contributed by atoms with Crippen molar-refractivity contribution in [2.45, 2.75) is 19.4 Å². The zero-order valence-corrected chi connectivity index (χ0v) is 12.2. The minimum atomic E-state index is -3.44. The number of sulfone groups is 1. The molecule has 0 saturated carbocycles. The minimum Gasteiger partial charge on any atom is -0.328 e. The van der Waals surface area contributed by atoms with E-state index in [1.807, 2.05) is 0 Å². The molecule has 1 atom stereocenters. The summed E-state index contributed by atoms with van der Waals surface area (Å²) in [6, 6.07) is 6.43. The van der Waals surface area contributed by atoms with E-state index in [0.717, 1.165) is 0 Å². The van der Waals surface area contributed by atoms with E-state index in [9.17, 15) is 13.2 Å². The van der Waals surface area contributed by atoms with Crippen molar-refractivity contribution >= 4 is 33.0 Å². The molecule has 0 radical (unpaired) electrons. The van der Waals surface area contributed by atoms with E-state index in [4.69, 9.17) is 17.3 Å². The van der Waals surface area contributed by atoms with Gasteiger partial charge in [0, 0.05) is 6.04 Å². The number of halogens is 1. The summed E-state index contributed by atoms with van der Waals surface area (Å²) < 4.78 is 23.3. The lowest BCUT2D eigenvalue weighted by Gasteiger charge is -2.08. The van der Waals surface area contributed by atoms with Crippen molar-refractivity contribution in [1.29, 1.82) is 0 Å². The SMILES string of the molecule is CC(N)CCS(=O)(=O)CC(=O)Nc1ccccc1Cl. The molecule has 106 valence electrons. The Morgan fingerprint density at radius 2 is 2.05 bits per heavy atom. The van der Waals surface area contributed by atoms with Gasteiger partial charge in [-0.25, -0.2) is 8.42 Å². The predicted octanol–water partition coefficient (Wildman–Crippen LogP) is 1.43. The van der Waals surface area contributed by atoms with Crippen molar-refractivity contribution in [2.75, 3.05) is 16.8 Å². The summed E-state index contributed by atoms with van der Waals surface area (Å²) in [4.78, 5) is 11.6. The van der Waals surface area contributed by atoms with Crippen LogP contribution in [-0.2, 0) is 14.6 Å². The number of rotatable bonds is 6. The van der Waals surface area contributed by atoms with Crippen LogP contribution in [0.4, 0.5) is 5.69 Å². The highest BCUT2D eigenvalue weighted by atomic mass is 35.5. The lowest BCUT2D eigenvalue weighted by Crippen LogP contribution is -2.27. The van der Waals surface area contributed by atoms with Crippen molar-refractivity contribution in [3.63, 3.8) is 0 Å². The van der Waals surface area contributed by atoms with E-state index in [1.165, 1.54) is 0 Å². The average Bonchev–Trinajstić information content (AvgIpc) is 2.29. The van der Waals surface area contributed by atoms with Gasteiger partial charge in [-0.3, -0.25) is 4.79 Å². The molecular weight excluding hydrogens is 288 g/mol. The quantitative estimate of drug-likeness (QED) is 0.832. The van der Waals surface area contributed by atoms with Gasteiger partial charge in [0.1, 0.15) is 5.75 Å². The van der Waals surface area contributed by atoms with Crippen LogP contribution in [0, 0.1) is 0 Å². The smallest absolute Gasteiger partial charge is 0.239 e. The van der Waals surface area contributed by atoms with Crippen LogP contribution in [-0.4, -0.2) is 31.9 Å². The van der Waals surface area contributed by atoms with Crippen LogP contribution < -0.4 is 11.1 Å². The Morgan fingerprint density at radius 1 is 1.42 bits per heavy atom. The number of nitrogens with two attached hydrogens (primary N) is 1. The Balaban J connectivity index is 2.58. The number of nitrogens with one attached hydrogen (secondary N) is 1. The zero-order chi connectivity index (χ0) is 14.5. The maximum atomic E-state index is 11.7. The Hall–Kier alpha value is -1.11. The Bertz CT molecular complexity index is 544. The maximum Gasteiger partial charge on any atom is 0.239 e. The molecule has 0 heterocycles. The molecule has 1 rings (SSSR count). The zero-order valence-electron chi connectivity index (χ0n) is 10.6. The van der Waals surface area contributed by atoms with Gasteiger partial charge in [-0.05, 0) is 25.5 Å². The molecule has 0 aromatic heterocycles. The van der Waals surface area contributed by atoms with Crippen molar-refractivity contribution in [3.8, 4) is 0 Å². The highest BCUT2D eigenvalue weighted by Gasteiger charge is 2.17. The van der Waals surface area contributed by atoms with Gasteiger partial charge in [-0.1, -0.05) is 23.7 Å². The average molecular weight is 305 g/mol. The van der Waals surface area contributed by atoms with Gasteiger partial charge in [0.2, 0.25) is 5.91 Å². The normalized spacial score (nSPS) is 13.0. The van der Waals surface area contributed by atoms with Crippen LogP contribution in [0.15, 0.2) is 24.3 Å². The predicted molar refractivity (Wildman–Crippen MR) is 77.0 cm³/mol. The molecule has 0 aliphatic carbocycles. The third-order valence-electron chi connectivity index (χ3n) is 2.38. The van der Waals surface area contributed by atoms with Gasteiger partial charge < -0.3 is 11.1 Å². The molecule has 1 unspecified atom stereocenters. The van der Waals surface area contributed by atoms with Gasteiger partial charge in [0.05, 0.1) is 16.5 Å². The van der Waals surface area contributed by atoms with Crippen molar-refractivity contribution < 1.29 is 13.2 Å². The van der Waals surface area contributed by atoms with E-state index in [0.29, 0.717) is 17.1 Å². The first-order valence-electron chi connectivity index (χ1n) is 5.80. The molecule has 0 spiro atoms. The molecular formula is C12H17ClN2O3S. The first kappa shape index (κ1) is 15.9. The highest BCUT2D eigenvalue weighted by molar-refractivity contribution is 7.92. The molecule has 0 aliphatic heterocycles. The van der Waals surface area contributed by atoms with E-state index in [2.05, 4.69) is 5.32 Å². The van der Waals surface area contributed by atoms with Crippen molar-refractivity contribution in [3.05, 3.63) is 29.3 Å². The molecule has 19 heavy (non-hydrogen) atoms. The number of anilines is 1. The number of amides is 1. The summed E-state index contributed by atoms with van der Waals surface area (Å²) in [5.74, 6) is -1.26. The number of hydrogen-bond acceptors (Lipinski definition) is 4. The molecule has 1 amide bonds. The van der Waals surface area contributed by atoms with Gasteiger partial charge in [-0.15, -0.1) is 0 Å². The van der Waals surface area contributed by atoms with E-state index in [-0.39, 0.29) is 11.8 Å². The summed E-state index contributed by atoms with van der Waals surface area (Å²) in [5.41, 5.74) is 5.89. The summed E-state index contributed by atoms with van der Waals surface area (Å²) in [7, 11) is -3.44. The molecule has 1 aromatic carbocycles. The second-order valence-corrected chi connectivity index (χ2v) is 6.98. The molecule has 0 saturated heterocycles. The number of para-hydroxylation sites is 1. The number of hydrogen-bond donors (Lipinski definition) is 2. The third kappa shape index (κ3) is 6.04. The van der Waals surface area contributed by atoms with Crippen molar-refractivity contribution in [1.82, 2.24) is 0 Å².